The SMILES string of the molecule is Clc1ccc(C#Cc2ccc(Cl)cc2)cc1.Clc1ccc(C2=C(c3ccc(Cl)cc3)N=NC2)cc1. The topological polar surface area (TPSA) is 24.7 Å². The fourth-order valence-corrected chi connectivity index (χ4v) is 3.75. The van der Waals surface area contributed by atoms with Crippen molar-refractivity contribution in [2.24, 2.45) is 10.2 Å². The maximum atomic E-state index is 5.91. The molecule has 1 heterocycles. The minimum absolute atomic E-state index is 0.597. The Morgan fingerprint density at radius 3 is 1.29 bits per heavy atom. The zero-order valence-electron chi connectivity index (χ0n) is 18.4. The van der Waals surface area contributed by atoms with Crippen molar-refractivity contribution < 1.29 is 0 Å². The molecule has 1 aliphatic rings. The number of rotatable bonds is 2. The molecule has 4 aromatic carbocycles. The Balaban J connectivity index is 0.000000168. The maximum absolute atomic E-state index is 5.91. The minimum atomic E-state index is 0.597. The first kappa shape index (κ1) is 25.0. The summed E-state index contributed by atoms with van der Waals surface area (Å²) in [7, 11) is 0. The number of hydrogen-bond acceptors (Lipinski definition) is 2. The van der Waals surface area contributed by atoms with Crippen LogP contribution in [0.5, 0.6) is 0 Å². The Bertz CT molecular complexity index is 1360. The molecule has 0 atom stereocenters. The van der Waals surface area contributed by atoms with Gasteiger partial charge >= 0.3 is 0 Å². The van der Waals surface area contributed by atoms with Crippen molar-refractivity contribution in [3.05, 3.63) is 139 Å². The van der Waals surface area contributed by atoms with Gasteiger partial charge < -0.3 is 0 Å². The predicted molar refractivity (Wildman–Crippen MR) is 148 cm³/mol. The molecule has 2 nitrogen and oxygen atoms in total. The van der Waals surface area contributed by atoms with Gasteiger partial charge in [0.05, 0.1) is 12.2 Å². The molecular weight excluding hydrogens is 518 g/mol. The van der Waals surface area contributed by atoms with E-state index in [0.717, 1.165) is 48.6 Å². The number of azo groups is 1. The Labute approximate surface area is 224 Å². The normalized spacial score (nSPS) is 12.0. The van der Waals surface area contributed by atoms with Crippen LogP contribution in [-0.2, 0) is 0 Å². The molecule has 0 fully saturated rings. The third-order valence-electron chi connectivity index (χ3n) is 5.04. The van der Waals surface area contributed by atoms with E-state index in [1.807, 2.05) is 97.1 Å². The second kappa shape index (κ2) is 12.1. The van der Waals surface area contributed by atoms with Gasteiger partial charge in [0.15, 0.2) is 0 Å². The summed E-state index contributed by atoms with van der Waals surface area (Å²) in [6.07, 6.45) is 0. The van der Waals surface area contributed by atoms with Gasteiger partial charge in [0, 0.05) is 42.4 Å². The smallest absolute Gasteiger partial charge is 0.0982 e. The molecular formula is C29H18Cl4N2. The highest BCUT2D eigenvalue weighted by molar-refractivity contribution is 6.31. The van der Waals surface area contributed by atoms with E-state index >= 15 is 0 Å². The summed E-state index contributed by atoms with van der Waals surface area (Å²) in [5.41, 5.74) is 6.02. The summed E-state index contributed by atoms with van der Waals surface area (Å²) in [4.78, 5) is 0. The quantitative estimate of drug-likeness (QED) is 0.228. The van der Waals surface area contributed by atoms with Crippen LogP contribution in [0.25, 0.3) is 11.3 Å². The van der Waals surface area contributed by atoms with Crippen LogP contribution >= 0.6 is 46.4 Å². The van der Waals surface area contributed by atoms with Gasteiger partial charge in [-0.2, -0.15) is 10.2 Å². The fourth-order valence-electron chi connectivity index (χ4n) is 3.24. The molecule has 0 radical (unpaired) electrons. The van der Waals surface area contributed by atoms with Gasteiger partial charge in [-0.05, 0) is 78.4 Å². The van der Waals surface area contributed by atoms with Gasteiger partial charge in [-0.1, -0.05) is 82.5 Å². The van der Waals surface area contributed by atoms with E-state index in [4.69, 9.17) is 46.4 Å². The van der Waals surface area contributed by atoms with Crippen molar-refractivity contribution in [2.45, 2.75) is 0 Å². The third kappa shape index (κ3) is 7.21. The lowest BCUT2D eigenvalue weighted by Gasteiger charge is -2.05. The molecule has 0 saturated heterocycles. The van der Waals surface area contributed by atoms with E-state index in [1.54, 1.807) is 0 Å². The Morgan fingerprint density at radius 1 is 0.486 bits per heavy atom. The summed E-state index contributed by atoms with van der Waals surface area (Å²) >= 11 is 23.4. The first-order valence-corrected chi connectivity index (χ1v) is 12.1. The second-order valence-electron chi connectivity index (χ2n) is 7.50. The molecule has 0 unspecified atom stereocenters. The Morgan fingerprint density at radius 2 is 0.857 bits per heavy atom. The third-order valence-corrected chi connectivity index (χ3v) is 6.04. The molecule has 0 spiro atoms. The average Bonchev–Trinajstić information content (AvgIpc) is 3.36. The van der Waals surface area contributed by atoms with E-state index in [2.05, 4.69) is 22.1 Å². The maximum Gasteiger partial charge on any atom is 0.0982 e. The highest BCUT2D eigenvalue weighted by Gasteiger charge is 2.15. The largest absolute Gasteiger partial charge is 0.184 e. The van der Waals surface area contributed by atoms with Crippen molar-refractivity contribution in [1.29, 1.82) is 0 Å². The summed E-state index contributed by atoms with van der Waals surface area (Å²) in [6.45, 7) is 0.597. The van der Waals surface area contributed by atoms with E-state index in [1.165, 1.54) is 0 Å². The van der Waals surface area contributed by atoms with Crippen LogP contribution < -0.4 is 0 Å². The second-order valence-corrected chi connectivity index (χ2v) is 9.25. The lowest BCUT2D eigenvalue weighted by Crippen LogP contribution is -1.89. The molecule has 35 heavy (non-hydrogen) atoms. The summed E-state index contributed by atoms with van der Waals surface area (Å²) in [6, 6.07) is 30.2. The van der Waals surface area contributed by atoms with Gasteiger partial charge in [0.1, 0.15) is 0 Å². The minimum Gasteiger partial charge on any atom is -0.184 e. The van der Waals surface area contributed by atoms with E-state index < -0.39 is 0 Å². The lowest BCUT2D eigenvalue weighted by molar-refractivity contribution is 1.15. The van der Waals surface area contributed by atoms with Crippen LogP contribution in [0.1, 0.15) is 22.3 Å². The number of benzene rings is 4. The van der Waals surface area contributed by atoms with Gasteiger partial charge in [0.25, 0.3) is 0 Å². The molecule has 0 aliphatic carbocycles. The van der Waals surface area contributed by atoms with Crippen molar-refractivity contribution >= 4 is 57.7 Å². The van der Waals surface area contributed by atoms with Crippen molar-refractivity contribution in [3.63, 3.8) is 0 Å². The van der Waals surface area contributed by atoms with Crippen molar-refractivity contribution in [1.82, 2.24) is 0 Å². The highest BCUT2D eigenvalue weighted by Crippen LogP contribution is 2.33. The summed E-state index contributed by atoms with van der Waals surface area (Å²) in [5, 5.41) is 11.3. The van der Waals surface area contributed by atoms with Gasteiger partial charge in [-0.25, -0.2) is 0 Å². The highest BCUT2D eigenvalue weighted by atomic mass is 35.5. The molecule has 1 aliphatic heterocycles. The number of halogens is 4. The van der Waals surface area contributed by atoms with Crippen LogP contribution in [0.4, 0.5) is 0 Å². The van der Waals surface area contributed by atoms with Gasteiger partial charge in [-0.15, -0.1) is 0 Å². The van der Waals surface area contributed by atoms with Crippen molar-refractivity contribution in [3.8, 4) is 11.8 Å². The van der Waals surface area contributed by atoms with Crippen LogP contribution in [0.15, 0.2) is 107 Å². The van der Waals surface area contributed by atoms with Crippen LogP contribution in [0, 0.1) is 11.8 Å². The van der Waals surface area contributed by atoms with Crippen LogP contribution in [0.2, 0.25) is 20.1 Å². The molecule has 6 heteroatoms. The molecule has 172 valence electrons. The monoisotopic (exact) mass is 534 g/mol. The fraction of sp³-hybridized carbons (Fsp3) is 0.0345. The molecule has 5 rings (SSSR count). The summed E-state index contributed by atoms with van der Waals surface area (Å²) in [5.74, 6) is 6.11. The van der Waals surface area contributed by atoms with Gasteiger partial charge in [-0.3, -0.25) is 0 Å². The average molecular weight is 536 g/mol. The first-order chi connectivity index (χ1) is 17.0. The molecule has 0 aromatic heterocycles. The van der Waals surface area contributed by atoms with Crippen molar-refractivity contribution in [2.75, 3.05) is 6.54 Å². The number of hydrogen-bond donors (Lipinski definition) is 0. The first-order valence-electron chi connectivity index (χ1n) is 10.6. The standard InChI is InChI=1S/C15H10Cl2N2.C14H8Cl2/c16-12-5-1-10(2-6-12)14-9-18-19-15(14)11-3-7-13(17)8-4-11;15-13-7-3-11(4-8-13)1-2-12-5-9-14(16)10-6-12/h1-8H,9H2;3-10H. The zero-order chi connectivity index (χ0) is 24.6. The molecule has 0 saturated carbocycles. The van der Waals surface area contributed by atoms with Gasteiger partial charge in [0.2, 0.25) is 0 Å². The molecule has 0 N–H and O–H groups in total. The Kier molecular flexibility index (Phi) is 8.64. The van der Waals surface area contributed by atoms with Crippen LogP contribution in [-0.4, -0.2) is 6.54 Å². The molecule has 4 aromatic rings. The van der Waals surface area contributed by atoms with E-state index in [0.29, 0.717) is 11.6 Å². The lowest BCUT2D eigenvalue weighted by atomic mass is 10.0. The van der Waals surface area contributed by atoms with Crippen LogP contribution in [0.3, 0.4) is 0 Å². The zero-order valence-corrected chi connectivity index (χ0v) is 21.4. The van der Waals surface area contributed by atoms with E-state index in [-0.39, 0.29) is 0 Å². The molecule has 0 bridgehead atoms. The molecule has 0 amide bonds. The Hall–Kier alpha value is -3.06. The van der Waals surface area contributed by atoms with E-state index in [9.17, 15) is 0 Å². The predicted octanol–water partition coefficient (Wildman–Crippen LogP) is 9.72. The summed E-state index contributed by atoms with van der Waals surface area (Å²) < 4.78 is 0. The number of nitrogens with zero attached hydrogens (tertiary/aromatic N) is 2.